The Bertz CT molecular complexity index is 791. The summed E-state index contributed by atoms with van der Waals surface area (Å²) in [5.74, 6) is 0.266. The van der Waals surface area contributed by atoms with Crippen molar-refractivity contribution in [3.8, 4) is 22.5 Å². The molecule has 106 valence electrons. The standard InChI is InChI=1S/C17H15FN2O/c1-10-3-6-12(7-4-10)15-16(21-20-17(15)19)13-8-5-11(2)9-14(13)18/h3-9H,1-2H3,(H2,19,20). The topological polar surface area (TPSA) is 52.0 Å². The molecule has 3 rings (SSSR count). The normalized spacial score (nSPS) is 10.8. The lowest BCUT2D eigenvalue weighted by Gasteiger charge is -2.05. The number of aryl methyl sites for hydroxylation is 2. The van der Waals surface area contributed by atoms with E-state index in [1.165, 1.54) is 6.07 Å². The highest BCUT2D eigenvalue weighted by atomic mass is 19.1. The average molecular weight is 282 g/mol. The molecule has 1 heterocycles. The maximum atomic E-state index is 14.2. The zero-order chi connectivity index (χ0) is 15.0. The van der Waals surface area contributed by atoms with Gasteiger partial charge in [0.2, 0.25) is 0 Å². The Balaban J connectivity index is 2.19. The molecule has 0 aliphatic rings. The minimum absolute atomic E-state index is 0.258. The summed E-state index contributed by atoms with van der Waals surface area (Å²) < 4.78 is 19.4. The third kappa shape index (κ3) is 2.40. The van der Waals surface area contributed by atoms with Crippen molar-refractivity contribution in [3.05, 3.63) is 59.4 Å². The van der Waals surface area contributed by atoms with Crippen LogP contribution in [0.3, 0.4) is 0 Å². The molecule has 0 unspecified atom stereocenters. The summed E-state index contributed by atoms with van der Waals surface area (Å²) >= 11 is 0. The Kier molecular flexibility index (Phi) is 3.22. The summed E-state index contributed by atoms with van der Waals surface area (Å²) in [7, 11) is 0. The van der Waals surface area contributed by atoms with Crippen LogP contribution in [0, 0.1) is 19.7 Å². The lowest BCUT2D eigenvalue weighted by atomic mass is 9.99. The molecule has 4 heteroatoms. The fourth-order valence-electron chi connectivity index (χ4n) is 2.29. The molecule has 0 aliphatic carbocycles. The lowest BCUT2D eigenvalue weighted by molar-refractivity contribution is 0.433. The molecular formula is C17H15FN2O. The molecule has 3 aromatic rings. The molecule has 0 bridgehead atoms. The minimum atomic E-state index is -0.348. The summed E-state index contributed by atoms with van der Waals surface area (Å²) in [6.45, 7) is 3.84. The SMILES string of the molecule is Cc1ccc(-c2c(N)noc2-c2ccc(C)cc2F)cc1. The van der Waals surface area contributed by atoms with Crippen LogP contribution in [0.4, 0.5) is 10.2 Å². The molecule has 2 aromatic carbocycles. The molecule has 1 aromatic heterocycles. The Hall–Kier alpha value is -2.62. The van der Waals surface area contributed by atoms with Crippen LogP contribution in [0.5, 0.6) is 0 Å². The van der Waals surface area contributed by atoms with E-state index in [2.05, 4.69) is 5.16 Å². The van der Waals surface area contributed by atoms with E-state index in [-0.39, 0.29) is 11.6 Å². The van der Waals surface area contributed by atoms with Crippen LogP contribution in [0.15, 0.2) is 47.0 Å². The number of nitrogen functional groups attached to an aromatic ring is 1. The number of aromatic nitrogens is 1. The molecule has 0 radical (unpaired) electrons. The van der Waals surface area contributed by atoms with Crippen LogP contribution in [-0.4, -0.2) is 5.16 Å². The van der Waals surface area contributed by atoms with Gasteiger partial charge in [-0.15, -0.1) is 0 Å². The minimum Gasteiger partial charge on any atom is -0.380 e. The summed E-state index contributed by atoms with van der Waals surface area (Å²) in [5.41, 5.74) is 9.73. The molecule has 0 atom stereocenters. The molecule has 0 saturated heterocycles. The molecule has 3 nitrogen and oxygen atoms in total. The first kappa shape index (κ1) is 13.4. The Labute approximate surface area is 122 Å². The highest BCUT2D eigenvalue weighted by Crippen LogP contribution is 2.37. The Morgan fingerprint density at radius 2 is 1.67 bits per heavy atom. The predicted molar refractivity (Wildman–Crippen MR) is 81.2 cm³/mol. The third-order valence-corrected chi connectivity index (χ3v) is 3.43. The van der Waals surface area contributed by atoms with Gasteiger partial charge in [0.05, 0.1) is 11.1 Å². The van der Waals surface area contributed by atoms with Crippen molar-refractivity contribution in [1.82, 2.24) is 5.16 Å². The molecule has 0 amide bonds. The number of rotatable bonds is 2. The van der Waals surface area contributed by atoms with Crippen LogP contribution in [-0.2, 0) is 0 Å². The van der Waals surface area contributed by atoms with Gasteiger partial charge in [0.1, 0.15) is 5.82 Å². The number of nitrogens with zero attached hydrogens (tertiary/aromatic N) is 1. The van der Waals surface area contributed by atoms with E-state index >= 15 is 0 Å². The van der Waals surface area contributed by atoms with Gasteiger partial charge in [0.15, 0.2) is 11.6 Å². The van der Waals surface area contributed by atoms with Crippen molar-refractivity contribution < 1.29 is 8.91 Å². The first-order chi connectivity index (χ1) is 10.1. The van der Waals surface area contributed by atoms with Crippen molar-refractivity contribution >= 4 is 5.82 Å². The second kappa shape index (κ2) is 5.05. The fraction of sp³-hybridized carbons (Fsp3) is 0.118. The number of nitrogens with two attached hydrogens (primary N) is 1. The fourth-order valence-corrected chi connectivity index (χ4v) is 2.29. The van der Waals surface area contributed by atoms with Gasteiger partial charge in [-0.05, 0) is 37.1 Å². The Morgan fingerprint density at radius 1 is 1.00 bits per heavy atom. The molecular weight excluding hydrogens is 267 g/mol. The third-order valence-electron chi connectivity index (χ3n) is 3.43. The average Bonchev–Trinajstić information content (AvgIpc) is 2.82. The van der Waals surface area contributed by atoms with E-state index in [4.69, 9.17) is 10.3 Å². The van der Waals surface area contributed by atoms with Gasteiger partial charge in [-0.1, -0.05) is 41.1 Å². The molecule has 0 aliphatic heterocycles. The quantitative estimate of drug-likeness (QED) is 0.760. The van der Waals surface area contributed by atoms with Gasteiger partial charge in [-0.3, -0.25) is 0 Å². The zero-order valence-corrected chi connectivity index (χ0v) is 11.9. The summed E-state index contributed by atoms with van der Waals surface area (Å²) in [5, 5.41) is 3.79. The monoisotopic (exact) mass is 282 g/mol. The van der Waals surface area contributed by atoms with E-state index in [1.54, 1.807) is 6.07 Å². The van der Waals surface area contributed by atoms with Crippen LogP contribution in [0.1, 0.15) is 11.1 Å². The first-order valence-corrected chi connectivity index (χ1v) is 6.65. The summed E-state index contributed by atoms with van der Waals surface area (Å²) in [6, 6.07) is 12.8. The summed E-state index contributed by atoms with van der Waals surface area (Å²) in [4.78, 5) is 0. The van der Waals surface area contributed by atoms with Crippen LogP contribution in [0.2, 0.25) is 0 Å². The number of benzene rings is 2. The molecule has 2 N–H and O–H groups in total. The Morgan fingerprint density at radius 3 is 2.33 bits per heavy atom. The van der Waals surface area contributed by atoms with E-state index in [0.29, 0.717) is 16.9 Å². The van der Waals surface area contributed by atoms with Gasteiger partial charge in [0, 0.05) is 0 Å². The zero-order valence-electron chi connectivity index (χ0n) is 11.9. The number of hydrogen-bond acceptors (Lipinski definition) is 3. The second-order valence-electron chi connectivity index (χ2n) is 5.12. The van der Waals surface area contributed by atoms with Crippen molar-refractivity contribution in [2.75, 3.05) is 5.73 Å². The highest BCUT2D eigenvalue weighted by molar-refractivity contribution is 5.86. The van der Waals surface area contributed by atoms with E-state index in [9.17, 15) is 4.39 Å². The largest absolute Gasteiger partial charge is 0.380 e. The van der Waals surface area contributed by atoms with E-state index < -0.39 is 0 Å². The van der Waals surface area contributed by atoms with Crippen LogP contribution in [0.25, 0.3) is 22.5 Å². The van der Waals surface area contributed by atoms with Gasteiger partial charge >= 0.3 is 0 Å². The van der Waals surface area contributed by atoms with Crippen molar-refractivity contribution in [2.45, 2.75) is 13.8 Å². The van der Waals surface area contributed by atoms with Gasteiger partial charge < -0.3 is 10.3 Å². The molecule has 21 heavy (non-hydrogen) atoms. The molecule has 0 saturated carbocycles. The maximum absolute atomic E-state index is 14.2. The number of halogens is 1. The van der Waals surface area contributed by atoms with Crippen LogP contribution >= 0.6 is 0 Å². The first-order valence-electron chi connectivity index (χ1n) is 6.65. The highest BCUT2D eigenvalue weighted by Gasteiger charge is 2.20. The second-order valence-corrected chi connectivity index (χ2v) is 5.12. The molecule has 0 fully saturated rings. The number of anilines is 1. The maximum Gasteiger partial charge on any atom is 0.179 e. The van der Waals surface area contributed by atoms with E-state index in [0.717, 1.165) is 16.7 Å². The number of hydrogen-bond donors (Lipinski definition) is 1. The van der Waals surface area contributed by atoms with Gasteiger partial charge in [0.25, 0.3) is 0 Å². The molecule has 0 spiro atoms. The van der Waals surface area contributed by atoms with Gasteiger partial charge in [-0.2, -0.15) is 0 Å². The van der Waals surface area contributed by atoms with Crippen LogP contribution < -0.4 is 5.73 Å². The van der Waals surface area contributed by atoms with E-state index in [1.807, 2.05) is 44.2 Å². The van der Waals surface area contributed by atoms with Crippen molar-refractivity contribution in [3.63, 3.8) is 0 Å². The predicted octanol–water partition coefficient (Wildman–Crippen LogP) is 4.35. The lowest BCUT2D eigenvalue weighted by Crippen LogP contribution is -1.90. The van der Waals surface area contributed by atoms with Crippen molar-refractivity contribution in [2.24, 2.45) is 0 Å². The van der Waals surface area contributed by atoms with Crippen molar-refractivity contribution in [1.29, 1.82) is 0 Å². The van der Waals surface area contributed by atoms with Gasteiger partial charge in [-0.25, -0.2) is 4.39 Å². The summed E-state index contributed by atoms with van der Waals surface area (Å²) in [6.07, 6.45) is 0. The smallest absolute Gasteiger partial charge is 0.179 e.